The number of hydrogen-bond donors (Lipinski definition) is 3. The normalized spacial score (nSPS) is 29.4. The molecule has 4 unspecified atom stereocenters. The summed E-state index contributed by atoms with van der Waals surface area (Å²) in [5, 5.41) is 16.0. The van der Waals surface area contributed by atoms with Crippen molar-refractivity contribution in [1.29, 1.82) is 0 Å². The van der Waals surface area contributed by atoms with Gasteiger partial charge in [-0.15, -0.1) is 34.7 Å². The van der Waals surface area contributed by atoms with Gasteiger partial charge in [-0.2, -0.15) is 0 Å². The monoisotopic (exact) mass is 474 g/mol. The fourth-order valence-corrected chi connectivity index (χ4v) is 6.05. The molecule has 3 amide bonds. The van der Waals surface area contributed by atoms with Crippen molar-refractivity contribution in [1.82, 2.24) is 15.2 Å². The molecule has 3 fully saturated rings. The highest BCUT2D eigenvalue weighted by Crippen LogP contribution is 2.51. The number of β-lactam (4-membered cyclic amide) rings is 1. The lowest BCUT2D eigenvalue weighted by Crippen LogP contribution is -2.80. The van der Waals surface area contributed by atoms with Gasteiger partial charge in [0.15, 0.2) is 5.13 Å². The third-order valence-corrected chi connectivity index (χ3v) is 7.46. The molecule has 4 rings (SSSR count). The average molecular weight is 475 g/mol. The Labute approximate surface area is 182 Å². The average Bonchev–Trinajstić information content (AvgIpc) is 3.27. The Morgan fingerprint density at radius 2 is 2.13 bits per heavy atom. The van der Waals surface area contributed by atoms with Gasteiger partial charge in [-0.3, -0.25) is 24.1 Å². The summed E-state index contributed by atoms with van der Waals surface area (Å²) in [5.41, 5.74) is -1.61. The van der Waals surface area contributed by atoms with Gasteiger partial charge in [0.2, 0.25) is 11.8 Å². The predicted molar refractivity (Wildman–Crippen MR) is 105 cm³/mol. The number of ether oxygens (including phenoxy) is 1. The first-order chi connectivity index (χ1) is 14.3. The lowest BCUT2D eigenvalue weighted by Gasteiger charge is -2.56. The number of carbonyl (C=O) groups is 5. The van der Waals surface area contributed by atoms with Crippen LogP contribution in [0.25, 0.3) is 0 Å². The first-order valence-electron chi connectivity index (χ1n) is 8.76. The maximum Gasteiger partial charge on any atom is 0.370 e. The largest absolute Gasteiger partial charge is 0.477 e. The van der Waals surface area contributed by atoms with Crippen LogP contribution in [0.5, 0.6) is 0 Å². The number of aromatic nitrogens is 1. The van der Waals surface area contributed by atoms with Crippen molar-refractivity contribution in [2.45, 2.75) is 30.0 Å². The number of anilines is 1. The number of halogens is 1. The summed E-state index contributed by atoms with van der Waals surface area (Å²) in [6.07, 6.45) is -0.199. The Hall–Kier alpha value is -2.38. The molecule has 3 saturated heterocycles. The fourth-order valence-electron chi connectivity index (χ4n) is 3.70. The lowest BCUT2D eigenvalue weighted by atomic mass is 9.89. The van der Waals surface area contributed by atoms with Gasteiger partial charge in [0.25, 0.3) is 11.6 Å². The number of fused-ring (bicyclic) bond motifs is 3. The Kier molecular flexibility index (Phi) is 5.36. The summed E-state index contributed by atoms with van der Waals surface area (Å²) in [6.45, 7) is 0. The van der Waals surface area contributed by atoms with E-state index in [4.69, 9.17) is 16.3 Å². The van der Waals surface area contributed by atoms with Crippen LogP contribution in [0.1, 0.15) is 12.1 Å². The minimum atomic E-state index is -2.00. The molecule has 3 N–H and O–H groups in total. The van der Waals surface area contributed by atoms with E-state index in [1.807, 2.05) is 0 Å². The minimum Gasteiger partial charge on any atom is -0.477 e. The molecule has 3 aliphatic rings. The van der Waals surface area contributed by atoms with Crippen LogP contribution >= 0.6 is 34.7 Å². The first-order valence-corrected chi connectivity index (χ1v) is 11.2. The zero-order valence-corrected chi connectivity index (χ0v) is 17.5. The molecular weight excluding hydrogens is 460 g/mol. The molecule has 1 aromatic heterocycles. The zero-order valence-electron chi connectivity index (χ0n) is 15.1. The van der Waals surface area contributed by atoms with E-state index >= 15 is 0 Å². The summed E-state index contributed by atoms with van der Waals surface area (Å²) < 4.78 is 5.10. The van der Waals surface area contributed by atoms with Crippen molar-refractivity contribution in [2.24, 2.45) is 5.92 Å². The second-order valence-electron chi connectivity index (χ2n) is 6.86. The molecule has 0 aromatic carbocycles. The van der Waals surface area contributed by atoms with Gasteiger partial charge in [-0.25, -0.2) is 9.78 Å². The SMILES string of the molecule is O=C(CCl)Nc1nc(CC(=O)NC2C(=O)N3C2SCC2CC(=O)OC23C(=O)O)cs1. The molecule has 0 aliphatic carbocycles. The fraction of sp³-hybridized carbons (Fsp3) is 0.500. The maximum absolute atomic E-state index is 12.7. The standard InChI is InChI=1S/C16H15ClN4O7S2/c17-3-9(23)20-15-18-7(5-30-15)2-8(22)19-11-12(25)21-13(11)29-4-6-1-10(24)28-16(6,21)14(26)27/h5-6,11,13H,1-4H2,(H,19,22)(H,26,27)(H,18,20,23). The van der Waals surface area contributed by atoms with E-state index in [9.17, 15) is 29.1 Å². The Balaban J connectivity index is 1.41. The van der Waals surface area contributed by atoms with E-state index in [0.29, 0.717) is 16.6 Å². The van der Waals surface area contributed by atoms with Gasteiger partial charge in [0.05, 0.1) is 18.5 Å². The third-order valence-electron chi connectivity index (χ3n) is 4.99. The molecule has 4 heterocycles. The van der Waals surface area contributed by atoms with Gasteiger partial charge < -0.3 is 20.5 Å². The van der Waals surface area contributed by atoms with E-state index in [1.165, 1.54) is 11.8 Å². The van der Waals surface area contributed by atoms with Crippen LogP contribution in [0, 0.1) is 5.92 Å². The van der Waals surface area contributed by atoms with Crippen molar-refractivity contribution < 1.29 is 33.8 Å². The molecule has 30 heavy (non-hydrogen) atoms. The number of carboxylic acids is 1. The van der Waals surface area contributed by atoms with Crippen LogP contribution in [0.2, 0.25) is 0 Å². The topological polar surface area (TPSA) is 155 Å². The van der Waals surface area contributed by atoms with E-state index in [1.54, 1.807) is 5.38 Å². The van der Waals surface area contributed by atoms with Crippen LogP contribution in [0.4, 0.5) is 5.13 Å². The highest BCUT2D eigenvalue weighted by Gasteiger charge is 2.71. The number of esters is 1. The molecule has 0 saturated carbocycles. The van der Waals surface area contributed by atoms with Crippen molar-refractivity contribution in [3.05, 3.63) is 11.1 Å². The molecule has 0 bridgehead atoms. The predicted octanol–water partition coefficient (Wildman–Crippen LogP) is -0.393. The van der Waals surface area contributed by atoms with Crippen molar-refractivity contribution in [3.8, 4) is 0 Å². The number of carboxylic acid groups (broad SMARTS) is 1. The number of carbonyl (C=O) groups excluding carboxylic acids is 4. The zero-order chi connectivity index (χ0) is 21.6. The number of rotatable bonds is 6. The minimum absolute atomic E-state index is 0.0702. The Morgan fingerprint density at radius 3 is 2.83 bits per heavy atom. The van der Waals surface area contributed by atoms with E-state index < -0.39 is 52.7 Å². The quantitative estimate of drug-likeness (QED) is 0.284. The van der Waals surface area contributed by atoms with Crippen molar-refractivity contribution in [3.63, 3.8) is 0 Å². The highest BCUT2D eigenvalue weighted by molar-refractivity contribution is 8.00. The van der Waals surface area contributed by atoms with Crippen molar-refractivity contribution >= 4 is 69.5 Å². The second-order valence-corrected chi connectivity index (χ2v) is 9.13. The Morgan fingerprint density at radius 1 is 1.37 bits per heavy atom. The maximum atomic E-state index is 12.7. The summed E-state index contributed by atoms with van der Waals surface area (Å²) in [6, 6.07) is -0.923. The molecular formula is C16H15ClN4O7S2. The van der Waals surface area contributed by atoms with Crippen LogP contribution < -0.4 is 10.6 Å². The van der Waals surface area contributed by atoms with E-state index in [0.717, 1.165) is 16.2 Å². The molecule has 4 atom stereocenters. The van der Waals surface area contributed by atoms with E-state index in [2.05, 4.69) is 15.6 Å². The molecule has 3 aliphatic heterocycles. The number of thiazole rings is 1. The molecule has 0 radical (unpaired) electrons. The van der Waals surface area contributed by atoms with Gasteiger partial charge in [-0.05, 0) is 0 Å². The molecule has 160 valence electrons. The molecule has 14 heteroatoms. The van der Waals surface area contributed by atoms with Crippen LogP contribution in [-0.4, -0.2) is 73.4 Å². The smallest absolute Gasteiger partial charge is 0.370 e. The van der Waals surface area contributed by atoms with Gasteiger partial charge >= 0.3 is 11.9 Å². The number of nitrogens with zero attached hydrogens (tertiary/aromatic N) is 2. The third kappa shape index (κ3) is 3.30. The van der Waals surface area contributed by atoms with Gasteiger partial charge in [0, 0.05) is 17.1 Å². The number of amides is 3. The molecule has 0 spiro atoms. The summed E-state index contributed by atoms with van der Waals surface area (Å²) in [7, 11) is 0. The highest BCUT2D eigenvalue weighted by atomic mass is 35.5. The summed E-state index contributed by atoms with van der Waals surface area (Å²) in [4.78, 5) is 65.1. The number of hydrogen-bond acceptors (Lipinski definition) is 9. The summed E-state index contributed by atoms with van der Waals surface area (Å²) in [5.74, 6) is -4.12. The molecule has 11 nitrogen and oxygen atoms in total. The van der Waals surface area contributed by atoms with Gasteiger partial charge in [0.1, 0.15) is 17.3 Å². The van der Waals surface area contributed by atoms with Crippen LogP contribution in [0.3, 0.4) is 0 Å². The number of thioether (sulfide) groups is 1. The number of alkyl halides is 1. The van der Waals surface area contributed by atoms with Gasteiger partial charge in [-0.1, -0.05) is 0 Å². The first kappa shape index (κ1) is 20.9. The second kappa shape index (κ2) is 7.71. The Bertz CT molecular complexity index is 956. The lowest BCUT2D eigenvalue weighted by molar-refractivity contribution is -0.216. The van der Waals surface area contributed by atoms with Crippen LogP contribution in [-0.2, 0) is 35.1 Å². The number of nitrogens with one attached hydrogen (secondary N) is 2. The van der Waals surface area contributed by atoms with Crippen LogP contribution in [0.15, 0.2) is 5.38 Å². The summed E-state index contributed by atoms with van der Waals surface area (Å²) >= 11 is 7.85. The number of aliphatic carboxylic acids is 1. The van der Waals surface area contributed by atoms with Crippen molar-refractivity contribution in [2.75, 3.05) is 16.9 Å². The van der Waals surface area contributed by atoms with E-state index in [-0.39, 0.29) is 18.7 Å². The molecule has 1 aromatic rings.